The van der Waals surface area contributed by atoms with Crippen LogP contribution in [0, 0.1) is 0 Å². The molecular weight excluding hydrogens is 299 g/mol. The van der Waals surface area contributed by atoms with E-state index >= 15 is 0 Å². The summed E-state index contributed by atoms with van der Waals surface area (Å²) in [4.78, 5) is 16.7. The van der Waals surface area contributed by atoms with Crippen molar-refractivity contribution in [1.29, 1.82) is 0 Å². The number of hydrogen-bond donors (Lipinski definition) is 1. The molecule has 0 spiro atoms. The molecule has 0 unspecified atom stereocenters. The van der Waals surface area contributed by atoms with Gasteiger partial charge in [-0.3, -0.25) is 4.98 Å². The Kier molecular flexibility index (Phi) is 3.47. The molecule has 0 fully saturated rings. The summed E-state index contributed by atoms with van der Waals surface area (Å²) in [7, 11) is 0. The lowest BCUT2D eigenvalue weighted by Crippen LogP contribution is -2.48. The molecule has 0 aromatic carbocycles. The van der Waals surface area contributed by atoms with E-state index in [2.05, 4.69) is 10.1 Å². The fourth-order valence-corrected chi connectivity index (χ4v) is 2.31. The van der Waals surface area contributed by atoms with Gasteiger partial charge in [0.15, 0.2) is 0 Å². The zero-order valence-electron chi connectivity index (χ0n) is 11.3. The van der Waals surface area contributed by atoms with Crippen LogP contribution in [0.3, 0.4) is 0 Å². The van der Waals surface area contributed by atoms with E-state index in [1.165, 1.54) is 0 Å². The van der Waals surface area contributed by atoms with Crippen LogP contribution in [0.15, 0.2) is 30.7 Å². The fraction of sp³-hybridized carbons (Fsp3) is 0.308. The highest BCUT2D eigenvalue weighted by Crippen LogP contribution is 2.20. The Morgan fingerprint density at radius 3 is 2.86 bits per heavy atom. The van der Waals surface area contributed by atoms with Crippen LogP contribution >= 0.6 is 0 Å². The third-order valence-corrected chi connectivity index (χ3v) is 3.30. The molecule has 2 aromatic heterocycles. The molecule has 0 saturated heterocycles. The molecular formula is C13H12F3N5O. The summed E-state index contributed by atoms with van der Waals surface area (Å²) < 4.78 is 38.2. The molecule has 0 bridgehead atoms. The third kappa shape index (κ3) is 3.02. The molecule has 1 aliphatic rings. The Morgan fingerprint density at radius 1 is 1.36 bits per heavy atom. The first kappa shape index (κ1) is 14.4. The lowest BCUT2D eigenvalue weighted by Gasteiger charge is -2.26. The summed E-state index contributed by atoms with van der Waals surface area (Å²) in [6, 6.07) is 2.44. The summed E-state index contributed by atoms with van der Waals surface area (Å²) in [6.07, 6.45) is 0.660. The van der Waals surface area contributed by atoms with Crippen LogP contribution in [-0.4, -0.2) is 38.5 Å². The highest BCUT2D eigenvalue weighted by Gasteiger charge is 2.33. The van der Waals surface area contributed by atoms with Crippen LogP contribution in [0.4, 0.5) is 18.0 Å². The largest absolute Gasteiger partial charge is 0.485 e. The molecule has 3 rings (SSSR count). The van der Waals surface area contributed by atoms with E-state index in [0.717, 1.165) is 27.2 Å². The summed E-state index contributed by atoms with van der Waals surface area (Å²) in [5.41, 5.74) is 2.26. The fourth-order valence-electron chi connectivity index (χ4n) is 2.31. The summed E-state index contributed by atoms with van der Waals surface area (Å²) in [5.74, 6) is 0. The second-order valence-electron chi connectivity index (χ2n) is 4.86. The number of rotatable bonds is 1. The molecule has 2 amide bonds. The number of nitrogens with one attached hydrogen (secondary N) is 1. The number of aromatic nitrogens is 3. The van der Waals surface area contributed by atoms with Gasteiger partial charge in [0, 0.05) is 30.9 Å². The van der Waals surface area contributed by atoms with Crippen molar-refractivity contribution in [3.8, 4) is 5.69 Å². The molecule has 2 aromatic rings. The third-order valence-electron chi connectivity index (χ3n) is 3.30. The van der Waals surface area contributed by atoms with Gasteiger partial charge in [-0.2, -0.15) is 18.3 Å². The van der Waals surface area contributed by atoms with Crippen LogP contribution in [-0.2, 0) is 13.0 Å². The van der Waals surface area contributed by atoms with Crippen molar-refractivity contribution in [2.24, 2.45) is 0 Å². The van der Waals surface area contributed by atoms with Gasteiger partial charge in [0.1, 0.15) is 0 Å². The zero-order valence-corrected chi connectivity index (χ0v) is 11.3. The molecule has 1 N–H and O–H groups in total. The van der Waals surface area contributed by atoms with Crippen molar-refractivity contribution in [3.63, 3.8) is 0 Å². The minimum Gasteiger partial charge on any atom is -0.320 e. The minimum atomic E-state index is -4.72. The molecule has 9 heteroatoms. The number of carbonyl (C=O) groups is 1. The van der Waals surface area contributed by atoms with Crippen molar-refractivity contribution in [2.75, 3.05) is 6.54 Å². The van der Waals surface area contributed by atoms with Crippen LogP contribution < -0.4 is 5.32 Å². The number of urea groups is 1. The van der Waals surface area contributed by atoms with Gasteiger partial charge in [-0.15, -0.1) is 0 Å². The number of pyridine rings is 1. The van der Waals surface area contributed by atoms with Crippen LogP contribution in [0.2, 0.25) is 0 Å². The van der Waals surface area contributed by atoms with Crippen molar-refractivity contribution in [2.45, 2.75) is 19.3 Å². The summed E-state index contributed by atoms with van der Waals surface area (Å²) in [6.45, 7) is 0.288. The Bertz CT molecular complexity index is 683. The quantitative estimate of drug-likeness (QED) is 0.818. The van der Waals surface area contributed by atoms with Gasteiger partial charge in [-0.25, -0.2) is 14.8 Å². The average molecular weight is 311 g/mol. The lowest BCUT2D eigenvalue weighted by atomic mass is 10.1. The Hall–Kier alpha value is -2.58. The number of amides is 2. The average Bonchev–Trinajstić information content (AvgIpc) is 2.89. The molecule has 22 heavy (non-hydrogen) atoms. The lowest BCUT2D eigenvalue weighted by molar-refractivity contribution is -0.147. The SMILES string of the molecule is O=C(NC(F)(F)F)N1CCc2nn(-c3cccnc3)cc2C1. The van der Waals surface area contributed by atoms with E-state index in [0.29, 0.717) is 6.42 Å². The first-order valence-corrected chi connectivity index (χ1v) is 6.54. The highest BCUT2D eigenvalue weighted by molar-refractivity contribution is 5.74. The van der Waals surface area contributed by atoms with Gasteiger partial charge >= 0.3 is 12.3 Å². The minimum absolute atomic E-state index is 0.0948. The number of nitrogens with zero attached hydrogens (tertiary/aromatic N) is 4. The summed E-state index contributed by atoms with van der Waals surface area (Å²) in [5, 5.41) is 5.39. The van der Waals surface area contributed by atoms with E-state index in [1.54, 1.807) is 29.3 Å². The molecule has 0 atom stereocenters. The second-order valence-corrected chi connectivity index (χ2v) is 4.86. The second kappa shape index (κ2) is 5.32. The van der Waals surface area contributed by atoms with Crippen molar-refractivity contribution in [3.05, 3.63) is 42.0 Å². The predicted octanol–water partition coefficient (Wildman–Crippen LogP) is 1.85. The van der Waals surface area contributed by atoms with Gasteiger partial charge in [-0.1, -0.05) is 0 Å². The van der Waals surface area contributed by atoms with E-state index in [9.17, 15) is 18.0 Å². The van der Waals surface area contributed by atoms with Crippen LogP contribution in [0.25, 0.3) is 5.69 Å². The van der Waals surface area contributed by atoms with Gasteiger partial charge in [0.25, 0.3) is 0 Å². The number of hydrogen-bond acceptors (Lipinski definition) is 3. The molecule has 116 valence electrons. The molecule has 0 aliphatic carbocycles. The van der Waals surface area contributed by atoms with Crippen molar-refractivity contribution >= 4 is 6.03 Å². The van der Waals surface area contributed by atoms with Gasteiger partial charge in [-0.05, 0) is 12.1 Å². The van der Waals surface area contributed by atoms with Gasteiger partial charge in [0.2, 0.25) is 0 Å². The maximum atomic E-state index is 12.2. The molecule has 1 aliphatic heterocycles. The Balaban J connectivity index is 1.77. The highest BCUT2D eigenvalue weighted by atomic mass is 19.4. The standard InChI is InChI=1S/C13H12F3N5O/c14-13(15,16)18-12(22)20-5-3-11-9(7-20)8-21(19-11)10-2-1-4-17-6-10/h1-2,4,6,8H,3,5,7H2,(H,18,22). The molecule has 0 radical (unpaired) electrons. The summed E-state index contributed by atoms with van der Waals surface area (Å²) >= 11 is 0. The first-order chi connectivity index (χ1) is 10.4. The Morgan fingerprint density at radius 2 is 2.18 bits per heavy atom. The number of alkyl halides is 3. The van der Waals surface area contributed by atoms with Crippen molar-refractivity contribution in [1.82, 2.24) is 25.0 Å². The van der Waals surface area contributed by atoms with Gasteiger partial charge < -0.3 is 4.90 Å². The number of fused-ring (bicyclic) bond motifs is 1. The van der Waals surface area contributed by atoms with Gasteiger partial charge in [0.05, 0.1) is 24.1 Å². The van der Waals surface area contributed by atoms with E-state index < -0.39 is 12.3 Å². The maximum Gasteiger partial charge on any atom is 0.485 e. The monoisotopic (exact) mass is 311 g/mol. The number of halogens is 3. The zero-order chi connectivity index (χ0) is 15.7. The molecule has 0 saturated carbocycles. The van der Waals surface area contributed by atoms with Crippen LogP contribution in [0.5, 0.6) is 0 Å². The topological polar surface area (TPSA) is 63.1 Å². The first-order valence-electron chi connectivity index (χ1n) is 6.54. The molecule has 6 nitrogen and oxygen atoms in total. The Labute approximate surface area is 123 Å². The van der Waals surface area contributed by atoms with E-state index in [4.69, 9.17) is 0 Å². The smallest absolute Gasteiger partial charge is 0.320 e. The van der Waals surface area contributed by atoms with Crippen molar-refractivity contribution < 1.29 is 18.0 Å². The van der Waals surface area contributed by atoms with E-state index in [-0.39, 0.29) is 13.1 Å². The van der Waals surface area contributed by atoms with Crippen LogP contribution in [0.1, 0.15) is 11.3 Å². The number of carbonyl (C=O) groups excluding carboxylic acids is 1. The predicted molar refractivity (Wildman–Crippen MR) is 70.1 cm³/mol. The normalized spacial score (nSPS) is 14.6. The molecule has 3 heterocycles. The maximum absolute atomic E-state index is 12.2. The van der Waals surface area contributed by atoms with E-state index in [1.807, 2.05) is 6.07 Å².